The summed E-state index contributed by atoms with van der Waals surface area (Å²) in [5.41, 5.74) is 1.49. The van der Waals surface area contributed by atoms with E-state index in [9.17, 15) is 0 Å². The van der Waals surface area contributed by atoms with Crippen molar-refractivity contribution < 1.29 is 0 Å². The summed E-state index contributed by atoms with van der Waals surface area (Å²) in [5, 5.41) is 3.50. The molecule has 0 radical (unpaired) electrons. The Balaban J connectivity index is 1.74. The number of benzene rings is 1. The Hall–Kier alpha value is -0.820. The lowest BCUT2D eigenvalue weighted by Crippen LogP contribution is -2.36. The van der Waals surface area contributed by atoms with Crippen LogP contribution in [0.2, 0.25) is 0 Å². The molecule has 1 aliphatic rings. The van der Waals surface area contributed by atoms with Gasteiger partial charge in [0.15, 0.2) is 0 Å². The largest absolute Gasteiger partial charge is 0.317 e. The maximum atomic E-state index is 3.50. The summed E-state index contributed by atoms with van der Waals surface area (Å²) in [5.74, 6) is 0.914. The molecule has 2 atom stereocenters. The molecule has 1 heteroatoms. The minimum Gasteiger partial charge on any atom is -0.317 e. The molecule has 0 aromatic heterocycles. The zero-order chi connectivity index (χ0) is 11.9. The average molecular weight is 231 g/mol. The SMILES string of the molecule is CNC1CCCCC1CCCc1ccccc1. The number of nitrogens with one attached hydrogen (secondary N) is 1. The molecule has 1 nitrogen and oxygen atoms in total. The average Bonchev–Trinajstić information content (AvgIpc) is 2.40. The number of rotatable bonds is 5. The predicted octanol–water partition coefficient (Wildman–Crippen LogP) is 3.79. The molecule has 1 aromatic rings. The smallest absolute Gasteiger partial charge is 0.00923 e. The molecule has 0 amide bonds. The summed E-state index contributed by atoms with van der Waals surface area (Å²) >= 11 is 0. The van der Waals surface area contributed by atoms with E-state index in [-0.39, 0.29) is 0 Å². The van der Waals surface area contributed by atoms with E-state index in [4.69, 9.17) is 0 Å². The monoisotopic (exact) mass is 231 g/mol. The van der Waals surface area contributed by atoms with Gasteiger partial charge in [-0.3, -0.25) is 0 Å². The summed E-state index contributed by atoms with van der Waals surface area (Å²) < 4.78 is 0. The molecular weight excluding hydrogens is 206 g/mol. The van der Waals surface area contributed by atoms with Crippen LogP contribution in [0, 0.1) is 5.92 Å². The standard InChI is InChI=1S/C16H25N/c1-17-16-13-6-5-11-15(16)12-7-10-14-8-3-2-4-9-14/h2-4,8-9,15-17H,5-7,10-13H2,1H3. The van der Waals surface area contributed by atoms with Gasteiger partial charge in [0.1, 0.15) is 0 Å². The molecule has 0 spiro atoms. The van der Waals surface area contributed by atoms with Gasteiger partial charge in [0, 0.05) is 6.04 Å². The van der Waals surface area contributed by atoms with Crippen LogP contribution in [0.15, 0.2) is 30.3 Å². The fourth-order valence-electron chi connectivity index (χ4n) is 3.15. The van der Waals surface area contributed by atoms with Gasteiger partial charge in [-0.05, 0) is 50.6 Å². The first kappa shape index (κ1) is 12.6. The van der Waals surface area contributed by atoms with Crippen LogP contribution in [0.1, 0.15) is 44.1 Å². The number of hydrogen-bond donors (Lipinski definition) is 1. The van der Waals surface area contributed by atoms with Gasteiger partial charge < -0.3 is 5.32 Å². The molecule has 1 aliphatic carbocycles. The van der Waals surface area contributed by atoms with Crippen LogP contribution < -0.4 is 5.32 Å². The molecule has 17 heavy (non-hydrogen) atoms. The van der Waals surface area contributed by atoms with Gasteiger partial charge in [-0.1, -0.05) is 43.2 Å². The quantitative estimate of drug-likeness (QED) is 0.813. The Kier molecular flexibility index (Phi) is 5.06. The second kappa shape index (κ2) is 6.80. The maximum Gasteiger partial charge on any atom is 0.00923 e. The van der Waals surface area contributed by atoms with E-state index in [1.807, 2.05) is 0 Å². The van der Waals surface area contributed by atoms with Crippen LogP contribution in [0.5, 0.6) is 0 Å². The van der Waals surface area contributed by atoms with Crippen LogP contribution in [-0.2, 0) is 6.42 Å². The van der Waals surface area contributed by atoms with Gasteiger partial charge in [0.05, 0.1) is 0 Å². The number of aryl methyl sites for hydroxylation is 1. The molecule has 0 saturated heterocycles. The van der Waals surface area contributed by atoms with E-state index in [1.54, 1.807) is 0 Å². The molecule has 1 fully saturated rings. The van der Waals surface area contributed by atoms with Crippen molar-refractivity contribution in [3.8, 4) is 0 Å². The molecular formula is C16H25N. The van der Waals surface area contributed by atoms with E-state index >= 15 is 0 Å². The van der Waals surface area contributed by atoms with Gasteiger partial charge in [0.2, 0.25) is 0 Å². The van der Waals surface area contributed by atoms with Crippen LogP contribution in [0.4, 0.5) is 0 Å². The third kappa shape index (κ3) is 3.85. The second-order valence-electron chi connectivity index (χ2n) is 5.32. The van der Waals surface area contributed by atoms with Gasteiger partial charge in [0.25, 0.3) is 0 Å². The minimum absolute atomic E-state index is 0.777. The van der Waals surface area contributed by atoms with Crippen molar-refractivity contribution in [1.82, 2.24) is 5.32 Å². The van der Waals surface area contributed by atoms with Crippen LogP contribution in [0.25, 0.3) is 0 Å². The summed E-state index contributed by atoms with van der Waals surface area (Å²) in [6.45, 7) is 0. The highest BCUT2D eigenvalue weighted by Crippen LogP contribution is 2.28. The van der Waals surface area contributed by atoms with E-state index in [1.165, 1.54) is 50.5 Å². The highest BCUT2D eigenvalue weighted by atomic mass is 14.9. The molecule has 1 aromatic carbocycles. The Bertz CT molecular complexity index is 307. The zero-order valence-electron chi connectivity index (χ0n) is 11.0. The molecule has 1 N–H and O–H groups in total. The summed E-state index contributed by atoms with van der Waals surface area (Å²) in [6, 6.07) is 11.7. The van der Waals surface area contributed by atoms with Crippen molar-refractivity contribution in [2.24, 2.45) is 5.92 Å². The van der Waals surface area contributed by atoms with Crippen molar-refractivity contribution >= 4 is 0 Å². The highest BCUT2D eigenvalue weighted by molar-refractivity contribution is 5.14. The van der Waals surface area contributed by atoms with Crippen molar-refractivity contribution in [1.29, 1.82) is 0 Å². The normalized spacial score (nSPS) is 24.8. The molecule has 2 unspecified atom stereocenters. The predicted molar refractivity (Wildman–Crippen MR) is 74.2 cm³/mol. The van der Waals surface area contributed by atoms with Crippen molar-refractivity contribution in [3.63, 3.8) is 0 Å². The Morgan fingerprint density at radius 3 is 2.65 bits per heavy atom. The Morgan fingerprint density at radius 2 is 1.88 bits per heavy atom. The fourth-order valence-corrected chi connectivity index (χ4v) is 3.15. The van der Waals surface area contributed by atoms with E-state index < -0.39 is 0 Å². The van der Waals surface area contributed by atoms with Crippen LogP contribution >= 0.6 is 0 Å². The lowest BCUT2D eigenvalue weighted by Gasteiger charge is -2.31. The highest BCUT2D eigenvalue weighted by Gasteiger charge is 2.22. The van der Waals surface area contributed by atoms with Gasteiger partial charge in [-0.2, -0.15) is 0 Å². The van der Waals surface area contributed by atoms with Crippen LogP contribution in [0.3, 0.4) is 0 Å². The first-order chi connectivity index (χ1) is 8.40. The summed E-state index contributed by atoms with van der Waals surface area (Å²) in [7, 11) is 2.13. The van der Waals surface area contributed by atoms with E-state index in [0.717, 1.165) is 12.0 Å². The van der Waals surface area contributed by atoms with Gasteiger partial charge >= 0.3 is 0 Å². The lowest BCUT2D eigenvalue weighted by atomic mass is 9.81. The molecule has 2 rings (SSSR count). The summed E-state index contributed by atoms with van der Waals surface area (Å²) in [6.07, 6.45) is 9.64. The molecule has 0 aliphatic heterocycles. The van der Waals surface area contributed by atoms with Crippen LogP contribution in [-0.4, -0.2) is 13.1 Å². The van der Waals surface area contributed by atoms with Gasteiger partial charge in [-0.25, -0.2) is 0 Å². The van der Waals surface area contributed by atoms with Gasteiger partial charge in [-0.15, -0.1) is 0 Å². The van der Waals surface area contributed by atoms with E-state index in [0.29, 0.717) is 0 Å². The van der Waals surface area contributed by atoms with Crippen molar-refractivity contribution in [2.45, 2.75) is 51.0 Å². The lowest BCUT2D eigenvalue weighted by molar-refractivity contribution is 0.256. The third-order valence-corrected chi connectivity index (χ3v) is 4.16. The molecule has 94 valence electrons. The summed E-state index contributed by atoms with van der Waals surface area (Å²) in [4.78, 5) is 0. The fraction of sp³-hybridized carbons (Fsp3) is 0.625. The Labute approximate surface area is 106 Å². The molecule has 0 heterocycles. The third-order valence-electron chi connectivity index (χ3n) is 4.16. The first-order valence-electron chi connectivity index (χ1n) is 7.11. The molecule has 0 bridgehead atoms. The van der Waals surface area contributed by atoms with E-state index in [2.05, 4.69) is 42.7 Å². The minimum atomic E-state index is 0.777. The Morgan fingerprint density at radius 1 is 1.12 bits per heavy atom. The second-order valence-corrected chi connectivity index (χ2v) is 5.32. The maximum absolute atomic E-state index is 3.50. The number of hydrogen-bond acceptors (Lipinski definition) is 1. The van der Waals surface area contributed by atoms with Crippen molar-refractivity contribution in [3.05, 3.63) is 35.9 Å². The molecule has 1 saturated carbocycles. The van der Waals surface area contributed by atoms with Crippen molar-refractivity contribution in [2.75, 3.05) is 7.05 Å². The topological polar surface area (TPSA) is 12.0 Å². The first-order valence-corrected chi connectivity index (χ1v) is 7.11. The zero-order valence-corrected chi connectivity index (χ0v) is 11.0.